The van der Waals surface area contributed by atoms with Gasteiger partial charge in [-0.15, -0.1) is 0 Å². The second-order valence-electron chi connectivity index (χ2n) is 5.84. The summed E-state index contributed by atoms with van der Waals surface area (Å²) in [4.78, 5) is 0. The average Bonchev–Trinajstić information content (AvgIpc) is 2.91. The summed E-state index contributed by atoms with van der Waals surface area (Å²) in [5.74, 6) is 1.79. The maximum atomic E-state index is 5.55. The van der Waals surface area contributed by atoms with Crippen LogP contribution >= 0.6 is 0 Å². The largest absolute Gasteiger partial charge is 0.493 e. The Bertz CT molecular complexity index is 602. The van der Waals surface area contributed by atoms with Gasteiger partial charge in [-0.1, -0.05) is 30.3 Å². The molecule has 0 amide bonds. The highest BCUT2D eigenvalue weighted by molar-refractivity contribution is 5.53. The highest BCUT2D eigenvalue weighted by atomic mass is 16.5. The van der Waals surface area contributed by atoms with E-state index in [1.54, 1.807) is 0 Å². The molecule has 20 heavy (non-hydrogen) atoms. The number of hydrogen-bond donors (Lipinski definition) is 1. The van der Waals surface area contributed by atoms with Gasteiger partial charge in [0.1, 0.15) is 5.75 Å². The highest BCUT2D eigenvalue weighted by Gasteiger charge is 2.30. The van der Waals surface area contributed by atoms with E-state index < -0.39 is 0 Å². The summed E-state index contributed by atoms with van der Waals surface area (Å²) in [6, 6.07) is 17.9. The molecule has 2 nitrogen and oxygen atoms in total. The minimum absolute atomic E-state index is 0.612. The third kappa shape index (κ3) is 2.15. The molecule has 0 bridgehead atoms. The molecule has 1 saturated carbocycles. The van der Waals surface area contributed by atoms with Crippen LogP contribution in [0, 0.1) is 0 Å². The van der Waals surface area contributed by atoms with Gasteiger partial charge in [-0.05, 0) is 48.1 Å². The molecule has 2 aromatic carbocycles. The van der Waals surface area contributed by atoms with E-state index in [9.17, 15) is 0 Å². The van der Waals surface area contributed by atoms with Crippen LogP contribution in [-0.2, 0) is 6.42 Å². The lowest BCUT2D eigenvalue weighted by molar-refractivity contribution is 0.356. The molecule has 1 N–H and O–H groups in total. The molecule has 2 aromatic rings. The van der Waals surface area contributed by atoms with E-state index in [1.807, 2.05) is 0 Å². The third-order valence-corrected chi connectivity index (χ3v) is 4.47. The van der Waals surface area contributed by atoms with Gasteiger partial charge < -0.3 is 10.1 Å². The van der Waals surface area contributed by atoms with Crippen molar-refractivity contribution in [2.45, 2.75) is 31.2 Å². The summed E-state index contributed by atoms with van der Waals surface area (Å²) >= 11 is 0. The zero-order chi connectivity index (χ0) is 13.4. The van der Waals surface area contributed by atoms with Gasteiger partial charge in [0.05, 0.1) is 6.61 Å². The Morgan fingerprint density at radius 1 is 1.00 bits per heavy atom. The first-order valence-electron chi connectivity index (χ1n) is 7.46. The lowest BCUT2D eigenvalue weighted by atomic mass is 9.76. The van der Waals surface area contributed by atoms with Gasteiger partial charge in [-0.3, -0.25) is 0 Å². The van der Waals surface area contributed by atoms with Crippen molar-refractivity contribution in [1.82, 2.24) is 0 Å². The predicted octanol–water partition coefficient (Wildman–Crippen LogP) is 3.98. The number of hydrogen-bond acceptors (Lipinski definition) is 2. The SMILES string of the molecule is c1ccc(C2CC(Nc3ccc4c(c3)CCO4)C2)cc1. The summed E-state index contributed by atoms with van der Waals surface area (Å²) in [5, 5.41) is 3.65. The monoisotopic (exact) mass is 265 g/mol. The smallest absolute Gasteiger partial charge is 0.122 e. The van der Waals surface area contributed by atoms with E-state index in [0.717, 1.165) is 24.7 Å². The first-order chi connectivity index (χ1) is 9.88. The van der Waals surface area contributed by atoms with Gasteiger partial charge in [-0.2, -0.15) is 0 Å². The topological polar surface area (TPSA) is 21.3 Å². The van der Waals surface area contributed by atoms with Crippen LogP contribution in [0.2, 0.25) is 0 Å². The number of fused-ring (bicyclic) bond motifs is 1. The Morgan fingerprint density at radius 2 is 1.85 bits per heavy atom. The molecule has 0 spiro atoms. The molecule has 1 heterocycles. The maximum Gasteiger partial charge on any atom is 0.122 e. The zero-order valence-corrected chi connectivity index (χ0v) is 11.5. The van der Waals surface area contributed by atoms with Crippen LogP contribution < -0.4 is 10.1 Å². The molecule has 0 saturated heterocycles. The van der Waals surface area contributed by atoms with E-state index >= 15 is 0 Å². The molecule has 102 valence electrons. The van der Waals surface area contributed by atoms with Gasteiger partial charge >= 0.3 is 0 Å². The number of benzene rings is 2. The molecule has 0 atom stereocenters. The lowest BCUT2D eigenvalue weighted by Crippen LogP contribution is -2.33. The van der Waals surface area contributed by atoms with Crippen LogP contribution in [0.5, 0.6) is 5.75 Å². The minimum atomic E-state index is 0.612. The summed E-state index contributed by atoms with van der Waals surface area (Å²) in [6.45, 7) is 0.832. The Balaban J connectivity index is 1.38. The zero-order valence-electron chi connectivity index (χ0n) is 11.5. The van der Waals surface area contributed by atoms with Crippen LogP contribution in [0.15, 0.2) is 48.5 Å². The molecule has 2 aliphatic rings. The number of rotatable bonds is 3. The Labute approximate surface area is 119 Å². The first-order valence-corrected chi connectivity index (χ1v) is 7.46. The number of ether oxygens (including phenoxy) is 1. The van der Waals surface area contributed by atoms with E-state index in [0.29, 0.717) is 6.04 Å². The molecule has 0 aromatic heterocycles. The molecule has 1 aliphatic carbocycles. The van der Waals surface area contributed by atoms with E-state index in [4.69, 9.17) is 4.74 Å². The fourth-order valence-corrected chi connectivity index (χ4v) is 3.25. The van der Waals surface area contributed by atoms with E-state index in [-0.39, 0.29) is 0 Å². The van der Waals surface area contributed by atoms with Crippen LogP contribution in [0.4, 0.5) is 5.69 Å². The second-order valence-corrected chi connectivity index (χ2v) is 5.84. The van der Waals surface area contributed by atoms with Crippen molar-refractivity contribution < 1.29 is 4.74 Å². The molecule has 0 unspecified atom stereocenters. The van der Waals surface area contributed by atoms with Gasteiger partial charge in [0.2, 0.25) is 0 Å². The first kappa shape index (κ1) is 11.8. The predicted molar refractivity (Wildman–Crippen MR) is 81.5 cm³/mol. The molecule has 1 fully saturated rings. The third-order valence-electron chi connectivity index (χ3n) is 4.47. The fourth-order valence-electron chi connectivity index (χ4n) is 3.25. The Hall–Kier alpha value is -1.96. The average molecular weight is 265 g/mol. The summed E-state index contributed by atoms with van der Waals surface area (Å²) in [6.07, 6.45) is 3.51. The summed E-state index contributed by atoms with van der Waals surface area (Å²) < 4.78 is 5.55. The number of anilines is 1. The maximum absolute atomic E-state index is 5.55. The van der Waals surface area contributed by atoms with Gasteiger partial charge in [0.15, 0.2) is 0 Å². The second kappa shape index (κ2) is 4.86. The number of nitrogens with one attached hydrogen (secondary N) is 1. The van der Waals surface area contributed by atoms with Crippen molar-refractivity contribution in [3.8, 4) is 5.75 Å². The molecule has 1 aliphatic heterocycles. The lowest BCUT2D eigenvalue weighted by Gasteiger charge is -2.37. The van der Waals surface area contributed by atoms with Crippen LogP contribution in [-0.4, -0.2) is 12.6 Å². The molecular formula is C18H19NO. The molecule has 4 rings (SSSR count). The molecule has 2 heteroatoms. The Kier molecular flexibility index (Phi) is 2.87. The van der Waals surface area contributed by atoms with Crippen LogP contribution in [0.25, 0.3) is 0 Å². The van der Waals surface area contributed by atoms with Crippen LogP contribution in [0.1, 0.15) is 29.9 Å². The summed E-state index contributed by atoms with van der Waals surface area (Å²) in [7, 11) is 0. The van der Waals surface area contributed by atoms with Gasteiger partial charge in [0.25, 0.3) is 0 Å². The van der Waals surface area contributed by atoms with Gasteiger partial charge in [-0.25, -0.2) is 0 Å². The van der Waals surface area contributed by atoms with E-state index in [2.05, 4.69) is 53.8 Å². The van der Waals surface area contributed by atoms with Crippen molar-refractivity contribution in [3.63, 3.8) is 0 Å². The minimum Gasteiger partial charge on any atom is -0.493 e. The molecule has 0 radical (unpaired) electrons. The van der Waals surface area contributed by atoms with Crippen molar-refractivity contribution in [2.24, 2.45) is 0 Å². The van der Waals surface area contributed by atoms with Crippen molar-refractivity contribution in [1.29, 1.82) is 0 Å². The van der Waals surface area contributed by atoms with Crippen LogP contribution in [0.3, 0.4) is 0 Å². The standard InChI is InChI=1S/C18H19NO/c1-2-4-13(5-3-1)15-11-17(12-15)19-16-6-7-18-14(10-16)8-9-20-18/h1-7,10,15,17,19H,8-9,11-12H2. The van der Waals surface area contributed by atoms with Crippen molar-refractivity contribution in [2.75, 3.05) is 11.9 Å². The van der Waals surface area contributed by atoms with Crippen molar-refractivity contribution in [3.05, 3.63) is 59.7 Å². The van der Waals surface area contributed by atoms with Gasteiger partial charge in [0, 0.05) is 18.2 Å². The molecular weight excluding hydrogens is 246 g/mol. The quantitative estimate of drug-likeness (QED) is 0.906. The van der Waals surface area contributed by atoms with E-state index in [1.165, 1.54) is 29.7 Å². The highest BCUT2D eigenvalue weighted by Crippen LogP contribution is 2.39. The Morgan fingerprint density at radius 3 is 2.70 bits per heavy atom. The van der Waals surface area contributed by atoms with Crippen molar-refractivity contribution >= 4 is 5.69 Å². The fraction of sp³-hybridized carbons (Fsp3) is 0.333. The normalized spacial score (nSPS) is 23.6. The summed E-state index contributed by atoms with van der Waals surface area (Å²) in [5.41, 5.74) is 4.06.